The van der Waals surface area contributed by atoms with Crippen molar-refractivity contribution >= 4 is 17.5 Å². The van der Waals surface area contributed by atoms with E-state index in [4.69, 9.17) is 11.6 Å². The van der Waals surface area contributed by atoms with Gasteiger partial charge in [-0.2, -0.15) is 13.2 Å². The molecule has 0 aromatic heterocycles. The molecule has 0 saturated carbocycles. The van der Waals surface area contributed by atoms with Crippen molar-refractivity contribution in [2.45, 2.75) is 12.6 Å². The lowest BCUT2D eigenvalue weighted by atomic mass is 10.1. The Morgan fingerprint density at radius 3 is 2.15 bits per heavy atom. The molecule has 2 nitrogen and oxygen atoms in total. The van der Waals surface area contributed by atoms with Gasteiger partial charge in [-0.15, -0.1) is 11.6 Å². The van der Waals surface area contributed by atoms with Crippen molar-refractivity contribution in [3.63, 3.8) is 0 Å². The van der Waals surface area contributed by atoms with E-state index in [2.05, 4.69) is 0 Å². The van der Waals surface area contributed by atoms with Crippen LogP contribution in [0.4, 0.5) is 22.0 Å². The predicted octanol–water partition coefficient (Wildman–Crippen LogP) is 3.65. The molecule has 0 aliphatic rings. The van der Waals surface area contributed by atoms with Crippen LogP contribution in [-0.2, 0) is 6.18 Å². The number of alkyl halides is 6. The van der Waals surface area contributed by atoms with E-state index in [0.717, 1.165) is 29.2 Å². The van der Waals surface area contributed by atoms with Crippen LogP contribution in [0.1, 0.15) is 15.9 Å². The molecule has 1 aromatic carbocycles. The molecule has 0 unspecified atom stereocenters. The third-order valence-corrected chi connectivity index (χ3v) is 2.63. The van der Waals surface area contributed by atoms with Crippen LogP contribution in [0.2, 0.25) is 0 Å². The van der Waals surface area contributed by atoms with Crippen LogP contribution in [0.25, 0.3) is 0 Å². The number of hydrogen-bond donors (Lipinski definition) is 0. The Bertz CT molecular complexity index is 446. The average Bonchev–Trinajstić information content (AvgIpc) is 2.36. The van der Waals surface area contributed by atoms with E-state index in [0.29, 0.717) is 0 Å². The second kappa shape index (κ2) is 6.88. The zero-order valence-electron chi connectivity index (χ0n) is 10.1. The Hall–Kier alpha value is -1.37. The highest BCUT2D eigenvalue weighted by Gasteiger charge is 2.30. The number of carbonyl (C=O) groups is 1. The first-order valence-corrected chi connectivity index (χ1v) is 6.09. The second-order valence-corrected chi connectivity index (χ2v) is 4.28. The predicted molar refractivity (Wildman–Crippen MR) is 64.1 cm³/mol. The van der Waals surface area contributed by atoms with Crippen LogP contribution < -0.4 is 0 Å². The van der Waals surface area contributed by atoms with Gasteiger partial charge in [0, 0.05) is 18.0 Å². The van der Waals surface area contributed by atoms with Crippen LogP contribution in [0.15, 0.2) is 24.3 Å². The molecule has 0 saturated heterocycles. The molecule has 0 aliphatic heterocycles. The smallest absolute Gasteiger partial charge is 0.332 e. The van der Waals surface area contributed by atoms with Gasteiger partial charge in [-0.3, -0.25) is 4.79 Å². The summed E-state index contributed by atoms with van der Waals surface area (Å²) in [7, 11) is 0. The second-order valence-electron chi connectivity index (χ2n) is 3.91. The molecule has 0 fully saturated rings. The van der Waals surface area contributed by atoms with Crippen molar-refractivity contribution in [2.24, 2.45) is 0 Å². The quantitative estimate of drug-likeness (QED) is 0.600. The molecule has 0 atom stereocenters. The van der Waals surface area contributed by atoms with E-state index in [-0.39, 0.29) is 18.0 Å². The summed E-state index contributed by atoms with van der Waals surface area (Å²) in [5.74, 6) is -0.821. The Labute approximate surface area is 117 Å². The molecule has 0 spiro atoms. The van der Waals surface area contributed by atoms with Gasteiger partial charge in [-0.25, -0.2) is 8.78 Å². The lowest BCUT2D eigenvalue weighted by Crippen LogP contribution is -2.36. The van der Waals surface area contributed by atoms with Gasteiger partial charge in [0.05, 0.1) is 12.1 Å². The maximum Gasteiger partial charge on any atom is 0.416 e. The van der Waals surface area contributed by atoms with Gasteiger partial charge in [0.1, 0.15) is 0 Å². The summed E-state index contributed by atoms with van der Waals surface area (Å²) in [5.41, 5.74) is -1.00. The SMILES string of the molecule is O=C(c1ccc(C(F)(F)F)cc1)N(CCCl)CC(F)F. The van der Waals surface area contributed by atoms with E-state index in [1.807, 2.05) is 0 Å². The molecule has 0 heterocycles. The molecule has 0 radical (unpaired) electrons. The highest BCUT2D eigenvalue weighted by atomic mass is 35.5. The van der Waals surface area contributed by atoms with Crippen molar-refractivity contribution in [2.75, 3.05) is 19.0 Å². The van der Waals surface area contributed by atoms with Gasteiger partial charge < -0.3 is 4.90 Å². The highest BCUT2D eigenvalue weighted by molar-refractivity contribution is 6.18. The van der Waals surface area contributed by atoms with Gasteiger partial charge in [-0.1, -0.05) is 0 Å². The monoisotopic (exact) mass is 315 g/mol. The van der Waals surface area contributed by atoms with Crippen molar-refractivity contribution in [3.8, 4) is 0 Å². The Morgan fingerprint density at radius 1 is 1.20 bits per heavy atom. The summed E-state index contributed by atoms with van der Waals surface area (Å²) in [4.78, 5) is 12.7. The van der Waals surface area contributed by atoms with Crippen molar-refractivity contribution in [1.29, 1.82) is 0 Å². The van der Waals surface area contributed by atoms with Gasteiger partial charge in [0.15, 0.2) is 0 Å². The fourth-order valence-corrected chi connectivity index (χ4v) is 1.73. The van der Waals surface area contributed by atoms with Crippen LogP contribution in [0, 0.1) is 0 Å². The lowest BCUT2D eigenvalue weighted by Gasteiger charge is -2.21. The van der Waals surface area contributed by atoms with Crippen molar-refractivity contribution in [3.05, 3.63) is 35.4 Å². The molecule has 0 aliphatic carbocycles. The minimum atomic E-state index is -4.51. The molecule has 0 N–H and O–H groups in total. The van der Waals surface area contributed by atoms with Gasteiger partial charge in [0.25, 0.3) is 12.3 Å². The fraction of sp³-hybridized carbons (Fsp3) is 0.417. The lowest BCUT2D eigenvalue weighted by molar-refractivity contribution is -0.137. The van der Waals surface area contributed by atoms with Crippen molar-refractivity contribution < 1.29 is 26.7 Å². The average molecular weight is 316 g/mol. The highest BCUT2D eigenvalue weighted by Crippen LogP contribution is 2.29. The van der Waals surface area contributed by atoms with Crippen LogP contribution in [0.3, 0.4) is 0 Å². The van der Waals surface area contributed by atoms with Gasteiger partial charge in [-0.05, 0) is 24.3 Å². The molecular weight excluding hydrogens is 305 g/mol. The standard InChI is InChI=1S/C12H11ClF5NO/c13-5-6-19(7-10(14)15)11(20)8-1-3-9(4-2-8)12(16,17)18/h1-4,10H,5-7H2. The number of amides is 1. The first-order valence-electron chi connectivity index (χ1n) is 5.56. The molecule has 20 heavy (non-hydrogen) atoms. The van der Waals surface area contributed by atoms with E-state index >= 15 is 0 Å². The van der Waals surface area contributed by atoms with Gasteiger partial charge >= 0.3 is 6.18 Å². The molecule has 1 amide bonds. The number of nitrogens with zero attached hydrogens (tertiary/aromatic N) is 1. The van der Waals surface area contributed by atoms with Crippen LogP contribution in [-0.4, -0.2) is 36.2 Å². The van der Waals surface area contributed by atoms with Crippen molar-refractivity contribution in [1.82, 2.24) is 4.90 Å². The number of halogens is 6. The van der Waals surface area contributed by atoms with Crippen LogP contribution >= 0.6 is 11.6 Å². The minimum absolute atomic E-state index is 0.0426. The summed E-state index contributed by atoms with van der Waals surface area (Å²) in [5, 5.41) is 0. The fourth-order valence-electron chi connectivity index (χ4n) is 1.53. The third-order valence-electron chi connectivity index (χ3n) is 2.46. The molecule has 112 valence electrons. The number of carbonyl (C=O) groups excluding carboxylic acids is 1. The Kier molecular flexibility index (Phi) is 5.74. The molecule has 1 rings (SSSR count). The van der Waals surface area contributed by atoms with E-state index in [1.54, 1.807) is 0 Å². The summed E-state index contributed by atoms with van der Waals surface area (Å²) >= 11 is 5.41. The normalized spacial score (nSPS) is 11.8. The topological polar surface area (TPSA) is 20.3 Å². The maximum absolute atomic E-state index is 12.4. The zero-order chi connectivity index (χ0) is 15.3. The largest absolute Gasteiger partial charge is 0.416 e. The minimum Gasteiger partial charge on any atom is -0.332 e. The Balaban J connectivity index is 2.89. The summed E-state index contributed by atoms with van der Waals surface area (Å²) in [6.45, 7) is -0.918. The first kappa shape index (κ1) is 16.7. The molecule has 1 aromatic rings. The number of benzene rings is 1. The molecule has 8 heteroatoms. The Morgan fingerprint density at radius 2 is 1.75 bits per heavy atom. The summed E-state index contributed by atoms with van der Waals surface area (Å²) in [6.07, 6.45) is -7.25. The third kappa shape index (κ3) is 4.63. The van der Waals surface area contributed by atoms with Crippen LogP contribution in [0.5, 0.6) is 0 Å². The van der Waals surface area contributed by atoms with E-state index in [9.17, 15) is 26.7 Å². The van der Waals surface area contributed by atoms with E-state index < -0.39 is 30.6 Å². The van der Waals surface area contributed by atoms with Gasteiger partial charge in [0.2, 0.25) is 0 Å². The number of rotatable bonds is 5. The molecular formula is C12H11ClF5NO. The van der Waals surface area contributed by atoms with E-state index in [1.165, 1.54) is 0 Å². The maximum atomic E-state index is 12.4. The summed E-state index contributed by atoms with van der Waals surface area (Å²) in [6, 6.07) is 3.37. The zero-order valence-corrected chi connectivity index (χ0v) is 10.9. The number of hydrogen-bond acceptors (Lipinski definition) is 1. The molecule has 0 bridgehead atoms. The first-order chi connectivity index (χ1) is 9.25. The summed E-state index contributed by atoms with van der Waals surface area (Å²) < 4.78 is 61.7.